The Hall–Kier alpha value is -1.56. The molecule has 0 heterocycles. The SMILES string of the molecule is C=C(C)C(=O)OCCOC(=O)NCC(C)CC(C)(C)CCN. The molecule has 0 aromatic carbocycles. The van der Waals surface area contributed by atoms with Crippen LogP contribution < -0.4 is 11.1 Å². The first kappa shape index (κ1) is 20.4. The molecule has 0 rings (SSSR count). The van der Waals surface area contributed by atoms with Crippen LogP contribution in [0.25, 0.3) is 0 Å². The van der Waals surface area contributed by atoms with Gasteiger partial charge in [-0.05, 0) is 37.6 Å². The number of carbonyl (C=O) groups excluding carboxylic acids is 2. The summed E-state index contributed by atoms with van der Waals surface area (Å²) >= 11 is 0. The van der Waals surface area contributed by atoms with Crippen molar-refractivity contribution in [3.05, 3.63) is 12.2 Å². The van der Waals surface area contributed by atoms with Gasteiger partial charge in [-0.2, -0.15) is 0 Å². The second-order valence-corrected chi connectivity index (χ2v) is 6.45. The number of nitrogens with one attached hydrogen (secondary N) is 1. The van der Waals surface area contributed by atoms with Gasteiger partial charge in [0, 0.05) is 12.1 Å². The normalized spacial score (nSPS) is 12.4. The lowest BCUT2D eigenvalue weighted by atomic mass is 9.80. The minimum atomic E-state index is -0.505. The van der Waals surface area contributed by atoms with Crippen LogP contribution in [-0.2, 0) is 14.3 Å². The number of hydrogen-bond donors (Lipinski definition) is 2. The molecule has 0 aromatic rings. The first-order valence-electron chi connectivity index (χ1n) is 7.61. The van der Waals surface area contributed by atoms with Gasteiger partial charge in [0.1, 0.15) is 13.2 Å². The fourth-order valence-electron chi connectivity index (χ4n) is 2.21. The maximum absolute atomic E-state index is 11.5. The second kappa shape index (κ2) is 10.2. The van der Waals surface area contributed by atoms with Gasteiger partial charge in [-0.25, -0.2) is 9.59 Å². The molecule has 3 N–H and O–H groups in total. The summed E-state index contributed by atoms with van der Waals surface area (Å²) in [6, 6.07) is 0. The highest BCUT2D eigenvalue weighted by Crippen LogP contribution is 2.28. The highest BCUT2D eigenvalue weighted by molar-refractivity contribution is 5.86. The number of carbonyl (C=O) groups is 2. The fourth-order valence-corrected chi connectivity index (χ4v) is 2.21. The van der Waals surface area contributed by atoms with Crippen LogP contribution in [0.4, 0.5) is 4.79 Å². The Balaban J connectivity index is 3.81. The van der Waals surface area contributed by atoms with Crippen LogP contribution in [0.15, 0.2) is 12.2 Å². The minimum Gasteiger partial charge on any atom is -0.459 e. The number of rotatable bonds is 10. The van der Waals surface area contributed by atoms with Crippen LogP contribution in [0.2, 0.25) is 0 Å². The van der Waals surface area contributed by atoms with Gasteiger partial charge in [0.25, 0.3) is 0 Å². The van der Waals surface area contributed by atoms with E-state index in [1.54, 1.807) is 6.92 Å². The summed E-state index contributed by atoms with van der Waals surface area (Å²) in [6.45, 7) is 12.7. The summed E-state index contributed by atoms with van der Waals surface area (Å²) in [5, 5.41) is 2.71. The van der Waals surface area contributed by atoms with E-state index in [9.17, 15) is 9.59 Å². The smallest absolute Gasteiger partial charge is 0.407 e. The Morgan fingerprint density at radius 1 is 1.27 bits per heavy atom. The van der Waals surface area contributed by atoms with Crippen LogP contribution in [0.3, 0.4) is 0 Å². The average molecular weight is 314 g/mol. The number of hydrogen-bond acceptors (Lipinski definition) is 5. The predicted molar refractivity (Wildman–Crippen MR) is 86.4 cm³/mol. The van der Waals surface area contributed by atoms with E-state index in [2.05, 4.69) is 32.7 Å². The van der Waals surface area contributed by atoms with Crippen LogP contribution in [0.1, 0.15) is 40.5 Å². The van der Waals surface area contributed by atoms with Crippen molar-refractivity contribution in [2.45, 2.75) is 40.5 Å². The summed E-state index contributed by atoms with van der Waals surface area (Å²) in [5.41, 5.74) is 6.07. The Morgan fingerprint density at radius 2 is 1.86 bits per heavy atom. The van der Waals surface area contributed by atoms with Crippen molar-refractivity contribution in [2.24, 2.45) is 17.1 Å². The van der Waals surface area contributed by atoms with E-state index in [1.165, 1.54) is 0 Å². The summed E-state index contributed by atoms with van der Waals surface area (Å²) in [7, 11) is 0. The third-order valence-electron chi connectivity index (χ3n) is 3.22. The molecule has 0 aromatic heterocycles. The molecule has 1 unspecified atom stereocenters. The Kier molecular flexibility index (Phi) is 9.49. The van der Waals surface area contributed by atoms with Gasteiger partial charge < -0.3 is 20.5 Å². The zero-order valence-corrected chi connectivity index (χ0v) is 14.2. The molecule has 0 bridgehead atoms. The molecule has 1 amide bonds. The molecule has 1 atom stereocenters. The summed E-state index contributed by atoms with van der Waals surface area (Å²) in [5.74, 6) is -0.157. The number of esters is 1. The third-order valence-corrected chi connectivity index (χ3v) is 3.22. The average Bonchev–Trinajstić information content (AvgIpc) is 2.40. The topological polar surface area (TPSA) is 90.6 Å². The maximum atomic E-state index is 11.5. The van der Waals surface area contributed by atoms with Gasteiger partial charge in [0.05, 0.1) is 0 Å². The zero-order valence-electron chi connectivity index (χ0n) is 14.2. The maximum Gasteiger partial charge on any atom is 0.407 e. The Morgan fingerprint density at radius 3 is 2.41 bits per heavy atom. The lowest BCUT2D eigenvalue weighted by molar-refractivity contribution is -0.139. The van der Waals surface area contributed by atoms with Crippen molar-refractivity contribution in [1.82, 2.24) is 5.32 Å². The molecule has 0 saturated carbocycles. The van der Waals surface area contributed by atoms with Gasteiger partial charge in [-0.3, -0.25) is 0 Å². The molecule has 128 valence electrons. The molecule has 22 heavy (non-hydrogen) atoms. The summed E-state index contributed by atoms with van der Waals surface area (Å²) in [6.07, 6.45) is 1.42. The lowest BCUT2D eigenvalue weighted by Crippen LogP contribution is -2.32. The molecule has 0 aliphatic heterocycles. The number of alkyl carbamates (subject to hydrolysis) is 1. The highest BCUT2D eigenvalue weighted by atomic mass is 16.6. The fraction of sp³-hybridized carbons (Fsp3) is 0.750. The number of nitrogens with two attached hydrogens (primary N) is 1. The van der Waals surface area contributed by atoms with E-state index in [1.807, 2.05) is 0 Å². The lowest BCUT2D eigenvalue weighted by Gasteiger charge is -2.27. The van der Waals surface area contributed by atoms with Gasteiger partial charge in [0.2, 0.25) is 0 Å². The number of amides is 1. The first-order valence-corrected chi connectivity index (χ1v) is 7.61. The van der Waals surface area contributed by atoms with Crippen LogP contribution in [0.5, 0.6) is 0 Å². The minimum absolute atomic E-state index is 0.0257. The van der Waals surface area contributed by atoms with Gasteiger partial charge in [0.15, 0.2) is 0 Å². The van der Waals surface area contributed by atoms with E-state index < -0.39 is 12.1 Å². The predicted octanol–water partition coefficient (Wildman–Crippen LogP) is 2.23. The molecule has 6 nitrogen and oxygen atoms in total. The third kappa shape index (κ3) is 10.2. The van der Waals surface area contributed by atoms with Crippen molar-refractivity contribution < 1.29 is 19.1 Å². The van der Waals surface area contributed by atoms with E-state index in [4.69, 9.17) is 15.2 Å². The van der Waals surface area contributed by atoms with E-state index >= 15 is 0 Å². The standard InChI is InChI=1S/C16H30N2O4/c1-12(2)14(19)21-8-9-22-15(20)18-11-13(3)10-16(4,5)6-7-17/h13H,1,6-11,17H2,2-5H3,(H,18,20). The second-order valence-electron chi connectivity index (χ2n) is 6.45. The first-order chi connectivity index (χ1) is 10.2. The van der Waals surface area contributed by atoms with E-state index in [0.29, 0.717) is 24.6 Å². The van der Waals surface area contributed by atoms with Crippen molar-refractivity contribution >= 4 is 12.1 Å². The van der Waals surface area contributed by atoms with Gasteiger partial charge >= 0.3 is 12.1 Å². The quantitative estimate of drug-likeness (QED) is 0.366. The molecule has 0 fully saturated rings. The largest absolute Gasteiger partial charge is 0.459 e. The highest BCUT2D eigenvalue weighted by Gasteiger charge is 2.20. The van der Waals surface area contributed by atoms with Crippen molar-refractivity contribution in [3.63, 3.8) is 0 Å². The number of ether oxygens (including phenoxy) is 2. The molecular weight excluding hydrogens is 284 g/mol. The molecule has 0 aliphatic rings. The van der Waals surface area contributed by atoms with Crippen LogP contribution in [-0.4, -0.2) is 38.4 Å². The van der Waals surface area contributed by atoms with Gasteiger partial charge in [-0.15, -0.1) is 0 Å². The molecule has 0 aliphatic carbocycles. The van der Waals surface area contributed by atoms with Crippen LogP contribution >= 0.6 is 0 Å². The van der Waals surface area contributed by atoms with Crippen LogP contribution in [0, 0.1) is 11.3 Å². The molecule has 0 saturated heterocycles. The van der Waals surface area contributed by atoms with Crippen molar-refractivity contribution in [2.75, 3.05) is 26.3 Å². The Labute approximate surface area is 133 Å². The van der Waals surface area contributed by atoms with Crippen molar-refractivity contribution in [1.29, 1.82) is 0 Å². The molecule has 0 radical (unpaired) electrons. The summed E-state index contributed by atoms with van der Waals surface area (Å²) < 4.78 is 9.74. The molecule has 6 heteroatoms. The van der Waals surface area contributed by atoms with E-state index in [-0.39, 0.29) is 18.6 Å². The van der Waals surface area contributed by atoms with Crippen molar-refractivity contribution in [3.8, 4) is 0 Å². The molecule has 0 spiro atoms. The molecular formula is C16H30N2O4. The van der Waals surface area contributed by atoms with E-state index in [0.717, 1.165) is 12.8 Å². The zero-order chi connectivity index (χ0) is 17.2. The monoisotopic (exact) mass is 314 g/mol. The summed E-state index contributed by atoms with van der Waals surface area (Å²) in [4.78, 5) is 22.6. The Bertz CT molecular complexity index is 380. The van der Waals surface area contributed by atoms with Gasteiger partial charge in [-0.1, -0.05) is 27.4 Å².